The Morgan fingerprint density at radius 3 is 2.76 bits per heavy atom. The molecule has 1 aliphatic rings. The maximum atomic E-state index is 13.3. The van der Waals surface area contributed by atoms with E-state index in [2.05, 4.69) is 10.1 Å². The number of rotatable bonds is 7. The molecule has 1 aliphatic heterocycles. The number of benzene rings is 2. The average Bonchev–Trinajstić information content (AvgIpc) is 3.08. The number of para-hydroxylation sites is 1. The maximum Gasteiger partial charge on any atom is 0.232 e. The molecule has 29 heavy (non-hydrogen) atoms. The molecule has 0 aliphatic carbocycles. The van der Waals surface area contributed by atoms with E-state index < -0.39 is 15.8 Å². The smallest absolute Gasteiger partial charge is 0.232 e. The molecule has 0 bridgehead atoms. The third-order valence-corrected chi connectivity index (χ3v) is 6.64. The van der Waals surface area contributed by atoms with E-state index in [1.807, 2.05) is 24.3 Å². The van der Waals surface area contributed by atoms with Gasteiger partial charge in [0, 0.05) is 25.1 Å². The molecule has 2 heterocycles. The molecule has 2 aromatic carbocycles. The Morgan fingerprint density at radius 2 is 2.00 bits per heavy atom. The van der Waals surface area contributed by atoms with E-state index in [0.29, 0.717) is 23.7 Å². The normalized spacial score (nSPS) is 15.2. The van der Waals surface area contributed by atoms with Crippen molar-refractivity contribution in [3.8, 4) is 5.75 Å². The van der Waals surface area contributed by atoms with Gasteiger partial charge in [0.15, 0.2) is 5.82 Å². The van der Waals surface area contributed by atoms with Crippen molar-refractivity contribution in [3.05, 3.63) is 77.2 Å². The van der Waals surface area contributed by atoms with E-state index in [1.54, 1.807) is 13.2 Å². The summed E-state index contributed by atoms with van der Waals surface area (Å²) in [5.41, 5.74) is 1.36. The summed E-state index contributed by atoms with van der Waals surface area (Å²) in [6, 6.07) is 13.2. The first kappa shape index (κ1) is 19.5. The summed E-state index contributed by atoms with van der Waals surface area (Å²) in [7, 11) is -1.92. The van der Waals surface area contributed by atoms with E-state index in [1.165, 1.54) is 22.5 Å². The lowest BCUT2D eigenvalue weighted by atomic mass is 10.0. The number of methoxy groups -OCH3 is 1. The van der Waals surface area contributed by atoms with Crippen molar-refractivity contribution in [1.82, 2.24) is 14.4 Å². The molecule has 0 N–H and O–H groups in total. The fourth-order valence-electron chi connectivity index (χ4n) is 3.27. The van der Waals surface area contributed by atoms with Crippen molar-refractivity contribution in [2.24, 2.45) is 0 Å². The highest BCUT2D eigenvalue weighted by atomic mass is 32.2. The zero-order valence-electron chi connectivity index (χ0n) is 15.8. The van der Waals surface area contributed by atoms with Crippen LogP contribution in [0.5, 0.6) is 5.75 Å². The van der Waals surface area contributed by atoms with Crippen molar-refractivity contribution in [2.75, 3.05) is 20.2 Å². The molecule has 0 amide bonds. The van der Waals surface area contributed by atoms with Crippen LogP contribution >= 0.6 is 0 Å². The number of sulfonamides is 1. The number of hydrogen-bond donors (Lipinski definition) is 0. The number of aromatic nitrogens is 2. The van der Waals surface area contributed by atoms with E-state index in [-0.39, 0.29) is 24.8 Å². The molecule has 4 rings (SSSR count). The van der Waals surface area contributed by atoms with E-state index in [0.717, 1.165) is 11.3 Å². The molecule has 7 nitrogen and oxygen atoms in total. The summed E-state index contributed by atoms with van der Waals surface area (Å²) in [6.07, 6.45) is 0.460. The molecule has 0 atom stereocenters. The van der Waals surface area contributed by atoms with Crippen LogP contribution in [0.3, 0.4) is 0 Å². The van der Waals surface area contributed by atoms with Gasteiger partial charge in [-0.2, -0.15) is 9.29 Å². The number of halogens is 1. The van der Waals surface area contributed by atoms with Gasteiger partial charge in [0.25, 0.3) is 0 Å². The lowest BCUT2D eigenvalue weighted by Crippen LogP contribution is -2.48. The summed E-state index contributed by atoms with van der Waals surface area (Å²) < 4.78 is 50.3. The summed E-state index contributed by atoms with van der Waals surface area (Å²) in [5, 5.41) is 4.00. The maximum absolute atomic E-state index is 13.3. The van der Waals surface area contributed by atoms with Crippen molar-refractivity contribution < 1.29 is 22.1 Å². The van der Waals surface area contributed by atoms with E-state index in [9.17, 15) is 12.8 Å². The summed E-state index contributed by atoms with van der Waals surface area (Å²) in [4.78, 5) is 4.41. The highest BCUT2D eigenvalue weighted by Gasteiger charge is 2.39. The van der Waals surface area contributed by atoms with Gasteiger partial charge in [-0.1, -0.05) is 35.5 Å². The SMILES string of the molecule is COc1ccccc1Cc1noc(C2CN(S(=O)(=O)Cc3cccc(F)c3)C2)n1. The fraction of sp³-hybridized carbons (Fsp3) is 0.300. The minimum Gasteiger partial charge on any atom is -0.496 e. The molecule has 0 unspecified atom stereocenters. The minimum atomic E-state index is -3.52. The van der Waals surface area contributed by atoms with Crippen LogP contribution in [-0.2, 0) is 22.2 Å². The van der Waals surface area contributed by atoms with Crippen LogP contribution in [0, 0.1) is 5.82 Å². The average molecular weight is 417 g/mol. The van der Waals surface area contributed by atoms with Crippen molar-refractivity contribution in [2.45, 2.75) is 18.1 Å². The van der Waals surface area contributed by atoms with Crippen LogP contribution in [0.25, 0.3) is 0 Å². The van der Waals surface area contributed by atoms with E-state index in [4.69, 9.17) is 9.26 Å². The Hall–Kier alpha value is -2.78. The second-order valence-corrected chi connectivity index (χ2v) is 8.91. The quantitative estimate of drug-likeness (QED) is 0.588. The van der Waals surface area contributed by atoms with Crippen LogP contribution in [0.2, 0.25) is 0 Å². The third kappa shape index (κ3) is 4.30. The summed E-state index contributed by atoms with van der Waals surface area (Å²) in [6.45, 7) is 0.544. The molecule has 3 aromatic rings. The molecule has 152 valence electrons. The van der Waals surface area contributed by atoms with Gasteiger partial charge >= 0.3 is 0 Å². The largest absolute Gasteiger partial charge is 0.496 e. The van der Waals surface area contributed by atoms with Crippen molar-refractivity contribution in [3.63, 3.8) is 0 Å². The van der Waals surface area contributed by atoms with Gasteiger partial charge < -0.3 is 9.26 Å². The molecule has 0 radical (unpaired) electrons. The van der Waals surface area contributed by atoms with Gasteiger partial charge in [-0.15, -0.1) is 0 Å². The first-order valence-electron chi connectivity index (χ1n) is 9.11. The van der Waals surface area contributed by atoms with Gasteiger partial charge in [-0.05, 0) is 23.8 Å². The zero-order valence-corrected chi connectivity index (χ0v) is 16.6. The second-order valence-electron chi connectivity index (χ2n) is 6.94. The van der Waals surface area contributed by atoms with Crippen LogP contribution in [0.4, 0.5) is 4.39 Å². The monoisotopic (exact) mass is 417 g/mol. The first-order chi connectivity index (χ1) is 13.9. The zero-order chi connectivity index (χ0) is 20.4. The highest BCUT2D eigenvalue weighted by molar-refractivity contribution is 7.88. The van der Waals surface area contributed by atoms with Gasteiger partial charge in [0.1, 0.15) is 11.6 Å². The van der Waals surface area contributed by atoms with Crippen LogP contribution < -0.4 is 4.74 Å². The summed E-state index contributed by atoms with van der Waals surface area (Å²) >= 11 is 0. The number of hydrogen-bond acceptors (Lipinski definition) is 6. The topological polar surface area (TPSA) is 85.5 Å². The highest BCUT2D eigenvalue weighted by Crippen LogP contribution is 2.30. The van der Waals surface area contributed by atoms with Crippen LogP contribution in [0.15, 0.2) is 53.1 Å². The second kappa shape index (κ2) is 7.92. The molecule has 1 saturated heterocycles. The molecular formula is C20H20FN3O4S. The first-order valence-corrected chi connectivity index (χ1v) is 10.7. The van der Waals surface area contributed by atoms with Crippen LogP contribution in [0.1, 0.15) is 28.8 Å². The fourth-order valence-corrected chi connectivity index (χ4v) is 4.87. The predicted octanol–water partition coefficient (Wildman–Crippen LogP) is 2.74. The van der Waals surface area contributed by atoms with E-state index >= 15 is 0 Å². The Labute approximate surface area is 168 Å². The van der Waals surface area contributed by atoms with Crippen LogP contribution in [-0.4, -0.2) is 43.1 Å². The van der Waals surface area contributed by atoms with Gasteiger partial charge in [-0.3, -0.25) is 0 Å². The molecular weight excluding hydrogens is 397 g/mol. The molecule has 0 saturated carbocycles. The molecule has 9 heteroatoms. The number of nitrogens with zero attached hydrogens (tertiary/aromatic N) is 3. The third-order valence-electron chi connectivity index (χ3n) is 4.85. The lowest BCUT2D eigenvalue weighted by molar-refractivity contribution is 0.216. The van der Waals surface area contributed by atoms with Crippen molar-refractivity contribution in [1.29, 1.82) is 0 Å². The predicted molar refractivity (Wildman–Crippen MR) is 103 cm³/mol. The van der Waals surface area contributed by atoms with Gasteiger partial charge in [0.2, 0.25) is 15.9 Å². The summed E-state index contributed by atoms with van der Waals surface area (Å²) in [5.74, 6) is 0.860. The van der Waals surface area contributed by atoms with Crippen molar-refractivity contribution >= 4 is 10.0 Å². The van der Waals surface area contributed by atoms with Gasteiger partial charge in [0.05, 0.1) is 18.8 Å². The Bertz CT molecular complexity index is 1110. The standard InChI is InChI=1S/C20H20FN3O4S/c1-27-18-8-3-2-6-15(18)10-19-22-20(28-23-19)16-11-24(12-16)29(25,26)13-14-5-4-7-17(21)9-14/h2-9,16H,10-13H2,1H3. The molecule has 1 fully saturated rings. The van der Waals surface area contributed by atoms with Gasteiger partial charge in [-0.25, -0.2) is 12.8 Å². The lowest BCUT2D eigenvalue weighted by Gasteiger charge is -2.35. The number of ether oxygens (including phenoxy) is 1. The minimum absolute atomic E-state index is 0.142. The Balaban J connectivity index is 1.38. The molecule has 0 spiro atoms. The Kier molecular flexibility index (Phi) is 5.33. The Morgan fingerprint density at radius 1 is 1.21 bits per heavy atom. The molecule has 1 aromatic heterocycles.